The van der Waals surface area contributed by atoms with Gasteiger partial charge in [0.25, 0.3) is 0 Å². The van der Waals surface area contributed by atoms with E-state index in [1.54, 1.807) is 6.07 Å². The third kappa shape index (κ3) is 3.43. The van der Waals surface area contributed by atoms with Gasteiger partial charge in [0.1, 0.15) is 11.5 Å². The molecule has 5 heteroatoms. The van der Waals surface area contributed by atoms with Crippen LogP contribution in [0.5, 0.6) is 23.0 Å². The van der Waals surface area contributed by atoms with Gasteiger partial charge in [-0.2, -0.15) is 0 Å². The van der Waals surface area contributed by atoms with Gasteiger partial charge in [-0.05, 0) is 33.6 Å². The largest absolute Gasteiger partial charge is 0.507 e. The van der Waals surface area contributed by atoms with Gasteiger partial charge in [-0.1, -0.05) is 53.7 Å². The lowest BCUT2D eigenvalue weighted by molar-refractivity contribution is -0.135. The van der Waals surface area contributed by atoms with Crippen LogP contribution in [0.25, 0.3) is 0 Å². The van der Waals surface area contributed by atoms with Gasteiger partial charge < -0.3 is 19.3 Å². The Morgan fingerprint density at radius 3 is 1.97 bits per heavy atom. The van der Waals surface area contributed by atoms with Crippen molar-refractivity contribution in [3.63, 3.8) is 0 Å². The van der Waals surface area contributed by atoms with Crippen molar-refractivity contribution in [1.29, 1.82) is 0 Å². The Hall–Kier alpha value is -2.69. The van der Waals surface area contributed by atoms with Crippen LogP contribution in [0.4, 0.5) is 0 Å². The summed E-state index contributed by atoms with van der Waals surface area (Å²) in [7, 11) is 0. The highest BCUT2D eigenvalue weighted by molar-refractivity contribution is 5.78. The molecule has 0 saturated heterocycles. The van der Waals surface area contributed by atoms with Gasteiger partial charge >= 0.3 is 5.97 Å². The summed E-state index contributed by atoms with van der Waals surface area (Å²) in [6.07, 6.45) is 0.241. The predicted octanol–water partition coefficient (Wildman–Crippen LogP) is 5.16. The molecule has 0 radical (unpaired) electrons. The van der Waals surface area contributed by atoms with E-state index in [-0.39, 0.29) is 35.9 Å². The van der Waals surface area contributed by atoms with Crippen LogP contribution < -0.4 is 14.2 Å². The summed E-state index contributed by atoms with van der Waals surface area (Å²) < 4.78 is 16.5. The maximum absolute atomic E-state index is 12.4. The molecule has 2 aromatic carbocycles. The van der Waals surface area contributed by atoms with E-state index in [0.717, 1.165) is 22.3 Å². The number of phenolic OH excluding ortho intramolecular Hbond substituents is 1. The van der Waals surface area contributed by atoms with Crippen LogP contribution in [0.1, 0.15) is 76.1 Å². The third-order valence-electron chi connectivity index (χ3n) is 5.63. The van der Waals surface area contributed by atoms with E-state index in [1.165, 1.54) is 0 Å². The summed E-state index contributed by atoms with van der Waals surface area (Å²) in [5.74, 6) is 1.65. The Morgan fingerprint density at radius 2 is 1.41 bits per heavy atom. The van der Waals surface area contributed by atoms with Crippen LogP contribution in [-0.4, -0.2) is 17.9 Å². The van der Waals surface area contributed by atoms with Crippen molar-refractivity contribution < 1.29 is 24.1 Å². The third-order valence-corrected chi connectivity index (χ3v) is 5.63. The number of benzene rings is 2. The Kier molecular flexibility index (Phi) is 4.34. The van der Waals surface area contributed by atoms with Crippen molar-refractivity contribution in [2.75, 3.05) is 6.79 Å². The molecule has 0 spiro atoms. The summed E-state index contributed by atoms with van der Waals surface area (Å²) >= 11 is 0. The van der Waals surface area contributed by atoms with Crippen LogP contribution in [0.3, 0.4) is 0 Å². The Balaban J connectivity index is 1.93. The average Bonchev–Trinajstić information content (AvgIpc) is 3.04. The summed E-state index contributed by atoms with van der Waals surface area (Å²) in [6.45, 7) is 12.7. The van der Waals surface area contributed by atoms with Crippen molar-refractivity contribution >= 4 is 5.97 Å². The molecular weight excluding hydrogens is 368 g/mol. The van der Waals surface area contributed by atoms with E-state index >= 15 is 0 Å². The molecule has 1 N–H and O–H groups in total. The molecule has 0 saturated carbocycles. The number of hydrogen-bond donors (Lipinski definition) is 1. The first-order chi connectivity index (χ1) is 13.4. The molecule has 0 aliphatic carbocycles. The first kappa shape index (κ1) is 19.6. The second kappa shape index (κ2) is 6.41. The van der Waals surface area contributed by atoms with E-state index in [9.17, 15) is 9.90 Å². The molecule has 0 fully saturated rings. The number of esters is 1. The highest BCUT2D eigenvalue weighted by Gasteiger charge is 2.34. The fraction of sp³-hybridized carbons (Fsp3) is 0.458. The van der Waals surface area contributed by atoms with Gasteiger partial charge in [0.15, 0.2) is 11.5 Å². The highest BCUT2D eigenvalue weighted by Crippen LogP contribution is 2.48. The molecule has 2 aliphatic heterocycles. The SMILES string of the molecule is CC(C)(C)c1cc(C2CC(=O)Oc3cc4c(cc32)OCO4)cc(C(C)(C)C)c1O. The quantitative estimate of drug-likeness (QED) is 0.533. The molecule has 2 aromatic rings. The lowest BCUT2D eigenvalue weighted by Crippen LogP contribution is -2.23. The van der Waals surface area contributed by atoms with Gasteiger partial charge in [-0.25, -0.2) is 0 Å². The van der Waals surface area contributed by atoms with Crippen LogP contribution in [0, 0.1) is 0 Å². The lowest BCUT2D eigenvalue weighted by atomic mass is 9.75. The predicted molar refractivity (Wildman–Crippen MR) is 110 cm³/mol. The minimum Gasteiger partial charge on any atom is -0.507 e. The zero-order valence-electron chi connectivity index (χ0n) is 17.9. The van der Waals surface area contributed by atoms with Crippen molar-refractivity contribution in [1.82, 2.24) is 0 Å². The number of rotatable bonds is 1. The normalized spacial score (nSPS) is 18.4. The van der Waals surface area contributed by atoms with Crippen molar-refractivity contribution in [3.05, 3.63) is 46.5 Å². The molecule has 2 aliphatic rings. The molecule has 1 atom stereocenters. The minimum atomic E-state index is -0.274. The molecule has 1 unspecified atom stereocenters. The second-order valence-corrected chi connectivity index (χ2v) is 9.94. The molecule has 0 aromatic heterocycles. The fourth-order valence-corrected chi connectivity index (χ4v) is 4.04. The first-order valence-corrected chi connectivity index (χ1v) is 9.97. The van der Waals surface area contributed by atoms with Gasteiger partial charge in [0.05, 0.1) is 6.42 Å². The molecular formula is C24H28O5. The van der Waals surface area contributed by atoms with Crippen LogP contribution in [0.2, 0.25) is 0 Å². The summed E-state index contributed by atoms with van der Waals surface area (Å²) in [6, 6.07) is 7.71. The fourth-order valence-electron chi connectivity index (χ4n) is 4.04. The summed E-state index contributed by atoms with van der Waals surface area (Å²) in [5.41, 5.74) is 3.16. The number of fused-ring (bicyclic) bond motifs is 2. The van der Waals surface area contributed by atoms with E-state index in [2.05, 4.69) is 41.5 Å². The Labute approximate surface area is 171 Å². The highest BCUT2D eigenvalue weighted by atomic mass is 16.7. The van der Waals surface area contributed by atoms with Crippen molar-refractivity contribution in [2.45, 2.75) is 64.7 Å². The number of carbonyl (C=O) groups excluding carboxylic acids is 1. The zero-order chi connectivity index (χ0) is 21.1. The van der Waals surface area contributed by atoms with Gasteiger partial charge in [0.2, 0.25) is 6.79 Å². The topological polar surface area (TPSA) is 65.0 Å². The molecule has 2 heterocycles. The number of ether oxygens (including phenoxy) is 3. The van der Waals surface area contributed by atoms with Crippen LogP contribution in [-0.2, 0) is 15.6 Å². The number of aromatic hydroxyl groups is 1. The lowest BCUT2D eigenvalue weighted by Gasteiger charge is -2.31. The maximum atomic E-state index is 12.4. The second-order valence-electron chi connectivity index (χ2n) is 9.94. The molecule has 0 bridgehead atoms. The number of phenols is 1. The van der Waals surface area contributed by atoms with Gasteiger partial charge in [0, 0.05) is 17.5 Å². The minimum absolute atomic E-state index is 0.165. The standard InChI is InChI=1S/C24H28O5/c1-23(2,3)16-7-13(8-17(22(16)26)24(4,5)6)14-10-21(25)29-18-11-20-19(9-15(14)18)27-12-28-20/h7-9,11,14,26H,10,12H2,1-6H3. The first-order valence-electron chi connectivity index (χ1n) is 9.97. The molecule has 4 rings (SSSR count). The van der Waals surface area contributed by atoms with E-state index in [0.29, 0.717) is 23.0 Å². The number of hydrogen-bond acceptors (Lipinski definition) is 5. The molecule has 5 nitrogen and oxygen atoms in total. The Bertz CT molecular complexity index is 957. The summed E-state index contributed by atoms with van der Waals surface area (Å²) in [4.78, 5) is 12.4. The zero-order valence-corrected chi connectivity index (χ0v) is 17.9. The monoisotopic (exact) mass is 396 g/mol. The Morgan fingerprint density at radius 1 is 0.862 bits per heavy atom. The van der Waals surface area contributed by atoms with Crippen LogP contribution in [0.15, 0.2) is 24.3 Å². The van der Waals surface area contributed by atoms with E-state index < -0.39 is 0 Å². The summed E-state index contributed by atoms with van der Waals surface area (Å²) in [5, 5.41) is 11.0. The van der Waals surface area contributed by atoms with Gasteiger partial charge in [-0.3, -0.25) is 4.79 Å². The maximum Gasteiger partial charge on any atom is 0.312 e. The van der Waals surface area contributed by atoms with Crippen LogP contribution >= 0.6 is 0 Å². The van der Waals surface area contributed by atoms with Crippen molar-refractivity contribution in [2.24, 2.45) is 0 Å². The average molecular weight is 396 g/mol. The molecule has 154 valence electrons. The van der Waals surface area contributed by atoms with E-state index in [4.69, 9.17) is 14.2 Å². The van der Waals surface area contributed by atoms with E-state index in [1.807, 2.05) is 18.2 Å². The smallest absolute Gasteiger partial charge is 0.312 e. The number of carbonyl (C=O) groups is 1. The van der Waals surface area contributed by atoms with Gasteiger partial charge in [-0.15, -0.1) is 0 Å². The molecule has 29 heavy (non-hydrogen) atoms. The molecule has 0 amide bonds. The van der Waals surface area contributed by atoms with Crippen molar-refractivity contribution in [3.8, 4) is 23.0 Å².